The Hall–Kier alpha value is -1.10. The maximum absolute atomic E-state index is 13.2. The quantitative estimate of drug-likeness (QED) is 0.790. The van der Waals surface area contributed by atoms with Crippen LogP contribution in [-0.4, -0.2) is 7.05 Å². The second-order valence-corrected chi connectivity index (χ2v) is 5.32. The third-order valence-electron chi connectivity index (χ3n) is 2.78. The third-order valence-corrected chi connectivity index (χ3v) is 2.78. The van der Waals surface area contributed by atoms with Crippen molar-refractivity contribution in [1.29, 1.82) is 0 Å². The molecule has 0 saturated heterocycles. The van der Waals surface area contributed by atoms with Gasteiger partial charge in [-0.3, -0.25) is 0 Å². The van der Waals surface area contributed by atoms with Crippen LogP contribution in [0, 0.1) is 11.2 Å². The van der Waals surface area contributed by atoms with Crippen LogP contribution in [0.4, 0.5) is 17.6 Å². The van der Waals surface area contributed by atoms with Crippen molar-refractivity contribution in [3.8, 4) is 0 Å². The van der Waals surface area contributed by atoms with Crippen molar-refractivity contribution in [3.05, 3.63) is 35.1 Å². The molecule has 1 aromatic rings. The number of rotatable bonds is 2. The van der Waals surface area contributed by atoms with E-state index in [-0.39, 0.29) is 11.5 Å². The monoisotopic (exact) mass is 263 g/mol. The van der Waals surface area contributed by atoms with Gasteiger partial charge in [-0.1, -0.05) is 26.8 Å². The van der Waals surface area contributed by atoms with E-state index in [1.54, 1.807) is 7.05 Å². The number of halogens is 4. The van der Waals surface area contributed by atoms with Gasteiger partial charge in [0, 0.05) is 6.04 Å². The molecule has 0 aliphatic rings. The van der Waals surface area contributed by atoms with Gasteiger partial charge >= 0.3 is 6.18 Å². The molecule has 1 rings (SSSR count). The van der Waals surface area contributed by atoms with E-state index in [9.17, 15) is 17.6 Å². The topological polar surface area (TPSA) is 12.0 Å². The zero-order valence-corrected chi connectivity index (χ0v) is 10.8. The summed E-state index contributed by atoms with van der Waals surface area (Å²) in [7, 11) is 1.67. The van der Waals surface area contributed by atoms with E-state index in [1.165, 1.54) is 6.07 Å². The highest BCUT2D eigenvalue weighted by Gasteiger charge is 2.35. The molecule has 1 atom stereocenters. The molecular weight excluding hydrogens is 246 g/mol. The van der Waals surface area contributed by atoms with Crippen molar-refractivity contribution in [2.24, 2.45) is 5.41 Å². The first-order valence-electron chi connectivity index (χ1n) is 5.61. The molecule has 1 nitrogen and oxygen atoms in total. The first kappa shape index (κ1) is 15.0. The summed E-state index contributed by atoms with van der Waals surface area (Å²) in [5, 5.41) is 2.97. The molecule has 0 fully saturated rings. The summed E-state index contributed by atoms with van der Waals surface area (Å²) >= 11 is 0. The third kappa shape index (κ3) is 3.22. The largest absolute Gasteiger partial charge is 0.419 e. The minimum atomic E-state index is -4.67. The summed E-state index contributed by atoms with van der Waals surface area (Å²) in [6, 6.07) is 2.85. The first-order valence-corrected chi connectivity index (χ1v) is 5.61. The van der Waals surface area contributed by atoms with Crippen LogP contribution in [0.1, 0.15) is 37.9 Å². The molecule has 1 unspecified atom stereocenters. The maximum atomic E-state index is 13.2. The minimum absolute atomic E-state index is 0.268. The summed E-state index contributed by atoms with van der Waals surface area (Å²) in [6.07, 6.45) is -4.67. The van der Waals surface area contributed by atoms with E-state index < -0.39 is 17.6 Å². The summed E-state index contributed by atoms with van der Waals surface area (Å²) in [6.45, 7) is 5.72. The highest BCUT2D eigenvalue weighted by Crippen LogP contribution is 2.37. The lowest BCUT2D eigenvalue weighted by molar-refractivity contribution is -0.140. The van der Waals surface area contributed by atoms with Gasteiger partial charge in [0.25, 0.3) is 0 Å². The van der Waals surface area contributed by atoms with Crippen molar-refractivity contribution < 1.29 is 17.6 Å². The fourth-order valence-electron chi connectivity index (χ4n) is 2.04. The number of benzene rings is 1. The van der Waals surface area contributed by atoms with Crippen LogP contribution in [-0.2, 0) is 6.18 Å². The lowest BCUT2D eigenvalue weighted by atomic mass is 9.82. The van der Waals surface area contributed by atoms with Crippen molar-refractivity contribution >= 4 is 0 Å². The molecule has 1 N–H and O–H groups in total. The van der Waals surface area contributed by atoms with Crippen LogP contribution in [0.2, 0.25) is 0 Å². The minimum Gasteiger partial charge on any atom is -0.313 e. The maximum Gasteiger partial charge on any atom is 0.419 e. The summed E-state index contributed by atoms with van der Waals surface area (Å²) in [5.74, 6) is -1.24. The predicted octanol–water partition coefficient (Wildman–Crippen LogP) is 4.15. The zero-order valence-electron chi connectivity index (χ0n) is 10.8. The zero-order chi connectivity index (χ0) is 14.1. The van der Waals surface area contributed by atoms with Gasteiger partial charge in [-0.2, -0.15) is 13.2 Å². The molecule has 18 heavy (non-hydrogen) atoms. The van der Waals surface area contributed by atoms with E-state index >= 15 is 0 Å². The van der Waals surface area contributed by atoms with Gasteiger partial charge in [0.15, 0.2) is 0 Å². The predicted molar refractivity (Wildman–Crippen MR) is 62.7 cm³/mol. The van der Waals surface area contributed by atoms with Gasteiger partial charge in [0.05, 0.1) is 5.56 Å². The second-order valence-electron chi connectivity index (χ2n) is 5.32. The first-order chi connectivity index (χ1) is 8.07. The molecule has 1 aromatic carbocycles. The van der Waals surface area contributed by atoms with Gasteiger partial charge in [-0.25, -0.2) is 4.39 Å². The van der Waals surface area contributed by atoms with Crippen molar-refractivity contribution in [3.63, 3.8) is 0 Å². The van der Waals surface area contributed by atoms with Crippen molar-refractivity contribution in [1.82, 2.24) is 5.32 Å². The summed E-state index contributed by atoms with van der Waals surface area (Å²) in [4.78, 5) is 0. The Bertz CT molecular complexity index is 418. The number of hydrogen-bond donors (Lipinski definition) is 1. The molecule has 0 amide bonds. The van der Waals surface area contributed by atoms with Gasteiger partial charge in [-0.15, -0.1) is 0 Å². The van der Waals surface area contributed by atoms with Crippen molar-refractivity contribution in [2.45, 2.75) is 33.0 Å². The normalized spacial score (nSPS) is 14.7. The molecule has 0 heterocycles. The van der Waals surface area contributed by atoms with E-state index in [0.29, 0.717) is 5.56 Å². The Balaban J connectivity index is 3.28. The van der Waals surface area contributed by atoms with Gasteiger partial charge in [-0.05, 0) is 30.2 Å². The molecule has 102 valence electrons. The van der Waals surface area contributed by atoms with Crippen LogP contribution >= 0.6 is 0 Å². The summed E-state index contributed by atoms with van der Waals surface area (Å²) < 4.78 is 51.1. The van der Waals surface area contributed by atoms with Gasteiger partial charge in [0.2, 0.25) is 0 Å². The fraction of sp³-hybridized carbons (Fsp3) is 0.538. The summed E-state index contributed by atoms with van der Waals surface area (Å²) in [5.41, 5.74) is -1.06. The molecule has 5 heteroatoms. The van der Waals surface area contributed by atoms with E-state index in [0.717, 1.165) is 12.1 Å². The Morgan fingerprint density at radius 1 is 1.11 bits per heavy atom. The van der Waals surface area contributed by atoms with Crippen LogP contribution in [0.3, 0.4) is 0 Å². The SMILES string of the molecule is CNC(c1ccc(F)c(C(F)(F)F)c1)C(C)(C)C. The van der Waals surface area contributed by atoms with Crippen LogP contribution in [0.5, 0.6) is 0 Å². The lowest BCUT2D eigenvalue weighted by Crippen LogP contribution is -2.30. The molecule has 0 aliphatic heterocycles. The molecule has 0 spiro atoms. The van der Waals surface area contributed by atoms with Gasteiger partial charge < -0.3 is 5.32 Å². The Morgan fingerprint density at radius 2 is 1.67 bits per heavy atom. The Labute approximate surface area is 104 Å². The molecular formula is C13H17F4N. The van der Waals surface area contributed by atoms with Crippen LogP contribution in [0.25, 0.3) is 0 Å². The molecule has 0 radical (unpaired) electrons. The van der Waals surface area contributed by atoms with Crippen molar-refractivity contribution in [2.75, 3.05) is 7.05 Å². The molecule has 0 bridgehead atoms. The van der Waals surface area contributed by atoms with E-state index in [4.69, 9.17) is 0 Å². The molecule has 0 aromatic heterocycles. The Kier molecular flexibility index (Phi) is 4.05. The number of hydrogen-bond acceptors (Lipinski definition) is 1. The molecule has 0 saturated carbocycles. The highest BCUT2D eigenvalue weighted by atomic mass is 19.4. The molecule has 0 aliphatic carbocycles. The van der Waals surface area contributed by atoms with Crippen LogP contribution < -0.4 is 5.32 Å². The average molecular weight is 263 g/mol. The van der Waals surface area contributed by atoms with Crippen LogP contribution in [0.15, 0.2) is 18.2 Å². The lowest BCUT2D eigenvalue weighted by Gasteiger charge is -2.31. The van der Waals surface area contributed by atoms with Gasteiger partial charge in [0.1, 0.15) is 5.82 Å². The smallest absolute Gasteiger partial charge is 0.313 e. The second kappa shape index (κ2) is 4.88. The number of nitrogens with one attached hydrogen (secondary N) is 1. The Morgan fingerprint density at radius 3 is 2.06 bits per heavy atom. The number of alkyl halides is 3. The average Bonchev–Trinajstić information content (AvgIpc) is 2.17. The van der Waals surface area contributed by atoms with E-state index in [1.807, 2.05) is 20.8 Å². The standard InChI is InChI=1S/C13H17F4N/c1-12(2,3)11(18-4)8-5-6-10(14)9(7-8)13(15,16)17/h5-7,11,18H,1-4H3. The van der Waals surface area contributed by atoms with E-state index in [2.05, 4.69) is 5.32 Å². The highest BCUT2D eigenvalue weighted by molar-refractivity contribution is 5.30. The fourth-order valence-corrected chi connectivity index (χ4v) is 2.04.